The Morgan fingerprint density at radius 1 is 1.00 bits per heavy atom. The maximum Gasteiger partial charge on any atom is 0.157 e. The molecule has 0 aromatic heterocycles. The second-order valence-corrected chi connectivity index (χ2v) is 6.98. The lowest BCUT2D eigenvalue weighted by Crippen LogP contribution is -2.33. The first-order chi connectivity index (χ1) is 11.9. The van der Waals surface area contributed by atoms with Crippen LogP contribution in [0.1, 0.15) is 22.5 Å². The van der Waals surface area contributed by atoms with Gasteiger partial charge in [0.2, 0.25) is 0 Å². The summed E-state index contributed by atoms with van der Waals surface area (Å²) in [5.74, 6) is -0.148. The number of benzene rings is 2. The van der Waals surface area contributed by atoms with Gasteiger partial charge in [0.05, 0.1) is 10.8 Å². The Balaban J connectivity index is 2.06. The van der Waals surface area contributed by atoms with Crippen molar-refractivity contribution in [2.45, 2.75) is 17.5 Å². The molecule has 3 unspecified atom stereocenters. The fourth-order valence-electron chi connectivity index (χ4n) is 2.88. The van der Waals surface area contributed by atoms with Crippen LogP contribution in [-0.4, -0.2) is 43.9 Å². The zero-order valence-electron chi connectivity index (χ0n) is 13.2. The summed E-state index contributed by atoms with van der Waals surface area (Å²) < 4.78 is 5.79. The van der Waals surface area contributed by atoms with Crippen LogP contribution in [-0.2, 0) is 0 Å². The molecule has 0 aliphatic carbocycles. The van der Waals surface area contributed by atoms with E-state index >= 15 is 0 Å². The van der Waals surface area contributed by atoms with Crippen molar-refractivity contribution in [1.29, 1.82) is 0 Å². The van der Waals surface area contributed by atoms with E-state index in [9.17, 15) is 25.5 Å². The number of rotatable bonds is 4. The zero-order valence-corrected chi connectivity index (χ0v) is 14.0. The van der Waals surface area contributed by atoms with Gasteiger partial charge in [0.1, 0.15) is 23.4 Å². The molecule has 0 saturated carbocycles. The van der Waals surface area contributed by atoms with Gasteiger partial charge in [0.15, 0.2) is 17.6 Å². The minimum absolute atomic E-state index is 0.164. The van der Waals surface area contributed by atoms with Crippen LogP contribution in [0.15, 0.2) is 30.3 Å². The van der Waals surface area contributed by atoms with E-state index in [4.69, 9.17) is 10.5 Å². The van der Waals surface area contributed by atoms with E-state index in [1.54, 1.807) is 0 Å². The standard InChI is InChI=1S/C17H19NO6S/c18-3-4-25-17-14-12(22)6-9(19)7-13(14)24-16(15(17)23)8-1-2-10(20)11(21)5-8/h1-2,5-7,15-17,19-23H,3-4,18H2. The molecule has 134 valence electrons. The van der Waals surface area contributed by atoms with Crippen LogP contribution < -0.4 is 10.5 Å². The third-order valence-corrected chi connectivity index (χ3v) is 5.35. The molecule has 25 heavy (non-hydrogen) atoms. The lowest BCUT2D eigenvalue weighted by atomic mass is 9.93. The summed E-state index contributed by atoms with van der Waals surface area (Å²) in [6.45, 7) is 0.396. The molecule has 2 aromatic carbocycles. The lowest BCUT2D eigenvalue weighted by Gasteiger charge is -2.37. The van der Waals surface area contributed by atoms with Crippen LogP contribution in [0.2, 0.25) is 0 Å². The van der Waals surface area contributed by atoms with Crippen molar-refractivity contribution in [2.75, 3.05) is 12.3 Å². The molecule has 0 saturated heterocycles. The first-order valence-corrected chi connectivity index (χ1v) is 8.71. The highest BCUT2D eigenvalue weighted by molar-refractivity contribution is 7.99. The monoisotopic (exact) mass is 365 g/mol. The molecule has 8 heteroatoms. The highest BCUT2D eigenvalue weighted by atomic mass is 32.2. The number of aliphatic hydroxyl groups is 1. The van der Waals surface area contributed by atoms with E-state index < -0.39 is 17.5 Å². The Morgan fingerprint density at radius 2 is 1.76 bits per heavy atom. The Labute approximate surface area is 148 Å². The van der Waals surface area contributed by atoms with Crippen LogP contribution in [0.5, 0.6) is 28.7 Å². The molecule has 0 bridgehead atoms. The molecule has 0 spiro atoms. The van der Waals surface area contributed by atoms with Gasteiger partial charge in [-0.3, -0.25) is 0 Å². The summed E-state index contributed by atoms with van der Waals surface area (Å²) in [5.41, 5.74) is 6.40. The van der Waals surface area contributed by atoms with E-state index in [0.717, 1.165) is 0 Å². The number of aromatic hydroxyl groups is 4. The molecule has 1 aliphatic rings. The van der Waals surface area contributed by atoms with E-state index in [1.165, 1.54) is 42.1 Å². The normalized spacial score (nSPS) is 22.2. The van der Waals surface area contributed by atoms with Gasteiger partial charge in [-0.15, -0.1) is 11.8 Å². The molecule has 7 nitrogen and oxygen atoms in total. The Morgan fingerprint density at radius 3 is 2.44 bits per heavy atom. The first-order valence-electron chi connectivity index (χ1n) is 7.66. The van der Waals surface area contributed by atoms with Crippen LogP contribution in [0.25, 0.3) is 0 Å². The smallest absolute Gasteiger partial charge is 0.157 e. The summed E-state index contributed by atoms with van der Waals surface area (Å²) in [5, 5.41) is 49.4. The van der Waals surface area contributed by atoms with Gasteiger partial charge in [0.25, 0.3) is 0 Å². The van der Waals surface area contributed by atoms with Gasteiger partial charge < -0.3 is 36.0 Å². The van der Waals surface area contributed by atoms with Crippen LogP contribution in [0.3, 0.4) is 0 Å². The van der Waals surface area contributed by atoms with Gasteiger partial charge >= 0.3 is 0 Å². The molecule has 1 aliphatic heterocycles. The summed E-state index contributed by atoms with van der Waals surface area (Å²) in [6, 6.07) is 6.70. The first kappa shape index (κ1) is 17.5. The fraction of sp³-hybridized carbons (Fsp3) is 0.294. The van der Waals surface area contributed by atoms with Crippen LogP contribution in [0.4, 0.5) is 0 Å². The molecule has 2 aromatic rings. The van der Waals surface area contributed by atoms with E-state index in [2.05, 4.69) is 0 Å². The third-order valence-electron chi connectivity index (χ3n) is 4.01. The number of hydrogen-bond acceptors (Lipinski definition) is 8. The summed E-state index contributed by atoms with van der Waals surface area (Å²) >= 11 is 1.37. The molecule has 7 N–H and O–H groups in total. The largest absolute Gasteiger partial charge is 0.508 e. The highest BCUT2D eigenvalue weighted by Crippen LogP contribution is 2.52. The number of hydrogen-bond donors (Lipinski definition) is 6. The Hall–Kier alpha value is -2.29. The number of fused-ring (bicyclic) bond motifs is 1. The van der Waals surface area contributed by atoms with E-state index in [1.807, 2.05) is 0 Å². The number of aliphatic hydroxyl groups excluding tert-OH is 1. The van der Waals surface area contributed by atoms with Crippen molar-refractivity contribution in [3.8, 4) is 28.7 Å². The fourth-order valence-corrected chi connectivity index (χ4v) is 4.01. The third kappa shape index (κ3) is 3.28. The molecule has 3 atom stereocenters. The molecule has 1 heterocycles. The number of phenols is 4. The van der Waals surface area contributed by atoms with E-state index in [0.29, 0.717) is 23.4 Å². The predicted octanol–water partition coefficient (Wildman–Crippen LogP) is 1.74. The topological polar surface area (TPSA) is 136 Å². The molecule has 0 fully saturated rings. The highest BCUT2D eigenvalue weighted by Gasteiger charge is 2.40. The van der Waals surface area contributed by atoms with Crippen molar-refractivity contribution >= 4 is 11.8 Å². The zero-order chi connectivity index (χ0) is 18.1. The van der Waals surface area contributed by atoms with E-state index in [-0.39, 0.29) is 28.7 Å². The van der Waals surface area contributed by atoms with Crippen LogP contribution >= 0.6 is 11.8 Å². The molecule has 0 amide bonds. The van der Waals surface area contributed by atoms with Crippen molar-refractivity contribution in [2.24, 2.45) is 5.73 Å². The maximum absolute atomic E-state index is 10.8. The second kappa shape index (κ2) is 6.91. The van der Waals surface area contributed by atoms with Gasteiger partial charge in [-0.2, -0.15) is 0 Å². The Bertz CT molecular complexity index is 784. The quantitative estimate of drug-likeness (QED) is 0.451. The predicted molar refractivity (Wildman–Crippen MR) is 93.2 cm³/mol. The van der Waals surface area contributed by atoms with Crippen molar-refractivity contribution in [1.82, 2.24) is 0 Å². The molecule has 3 rings (SSSR count). The summed E-state index contributed by atoms with van der Waals surface area (Å²) in [4.78, 5) is 0. The number of nitrogens with two attached hydrogens (primary N) is 1. The number of ether oxygens (including phenoxy) is 1. The Kier molecular flexibility index (Phi) is 4.85. The van der Waals surface area contributed by atoms with Crippen LogP contribution in [0, 0.1) is 0 Å². The maximum atomic E-state index is 10.8. The summed E-state index contributed by atoms with van der Waals surface area (Å²) in [7, 11) is 0. The van der Waals surface area contributed by atoms with Crippen molar-refractivity contribution in [3.05, 3.63) is 41.5 Å². The van der Waals surface area contributed by atoms with Crippen molar-refractivity contribution < 1.29 is 30.3 Å². The lowest BCUT2D eigenvalue weighted by molar-refractivity contribution is 0.0174. The SMILES string of the molecule is NCCSC1c2c(O)cc(O)cc2OC(c2ccc(O)c(O)c2)C1O. The minimum atomic E-state index is -1.04. The van der Waals surface area contributed by atoms with Gasteiger partial charge in [-0.25, -0.2) is 0 Å². The number of phenolic OH excluding ortho intramolecular Hbond substituents is 4. The average molecular weight is 365 g/mol. The second-order valence-electron chi connectivity index (χ2n) is 5.73. The average Bonchev–Trinajstić information content (AvgIpc) is 2.56. The number of thioether (sulfide) groups is 1. The molecule has 0 radical (unpaired) electrons. The van der Waals surface area contributed by atoms with Crippen molar-refractivity contribution in [3.63, 3.8) is 0 Å². The summed E-state index contributed by atoms with van der Waals surface area (Å²) in [6.07, 6.45) is -1.89. The molecular weight excluding hydrogens is 346 g/mol. The van der Waals surface area contributed by atoms with Gasteiger partial charge in [-0.05, 0) is 17.7 Å². The van der Waals surface area contributed by atoms with Gasteiger partial charge in [-0.1, -0.05) is 6.07 Å². The molecular formula is C17H19NO6S. The van der Waals surface area contributed by atoms with Gasteiger partial charge in [0, 0.05) is 24.4 Å². The minimum Gasteiger partial charge on any atom is -0.508 e.